The SMILES string of the molecule is CCn1nc(C)cc1C(Cc1nc(C)c(C)s1)NN. The first kappa shape index (κ1) is 14.2. The molecule has 0 radical (unpaired) electrons. The van der Waals surface area contributed by atoms with Crippen molar-refractivity contribution in [2.75, 3.05) is 0 Å². The molecule has 0 spiro atoms. The molecule has 0 aliphatic carbocycles. The number of hydrogen-bond acceptors (Lipinski definition) is 5. The third-order valence-corrected chi connectivity index (χ3v) is 4.34. The molecular formula is C13H21N5S. The van der Waals surface area contributed by atoms with Crippen LogP contribution in [0.5, 0.6) is 0 Å². The number of thiazole rings is 1. The summed E-state index contributed by atoms with van der Waals surface area (Å²) < 4.78 is 1.99. The van der Waals surface area contributed by atoms with E-state index in [4.69, 9.17) is 5.84 Å². The van der Waals surface area contributed by atoms with Gasteiger partial charge in [-0.05, 0) is 33.8 Å². The minimum atomic E-state index is 0.0473. The summed E-state index contributed by atoms with van der Waals surface area (Å²) in [5, 5.41) is 5.58. The normalized spacial score (nSPS) is 12.9. The molecule has 1 unspecified atom stereocenters. The number of aromatic nitrogens is 3. The molecule has 2 rings (SSSR count). The highest BCUT2D eigenvalue weighted by atomic mass is 32.1. The molecule has 3 N–H and O–H groups in total. The van der Waals surface area contributed by atoms with Crippen molar-refractivity contribution in [3.63, 3.8) is 0 Å². The lowest BCUT2D eigenvalue weighted by Gasteiger charge is -2.15. The number of nitrogens with one attached hydrogen (secondary N) is 1. The Labute approximate surface area is 117 Å². The van der Waals surface area contributed by atoms with Gasteiger partial charge in [0.15, 0.2) is 0 Å². The van der Waals surface area contributed by atoms with Crippen LogP contribution in [0.1, 0.15) is 39.9 Å². The maximum Gasteiger partial charge on any atom is 0.0950 e. The minimum Gasteiger partial charge on any atom is -0.271 e. The summed E-state index contributed by atoms with van der Waals surface area (Å²) in [7, 11) is 0. The Morgan fingerprint density at radius 1 is 1.42 bits per heavy atom. The quantitative estimate of drug-likeness (QED) is 0.649. The Morgan fingerprint density at radius 2 is 2.16 bits per heavy atom. The molecular weight excluding hydrogens is 258 g/mol. The zero-order valence-corrected chi connectivity index (χ0v) is 12.7. The van der Waals surface area contributed by atoms with E-state index in [2.05, 4.69) is 35.4 Å². The molecule has 1 atom stereocenters. The highest BCUT2D eigenvalue weighted by molar-refractivity contribution is 7.11. The van der Waals surface area contributed by atoms with Crippen LogP contribution in [0, 0.1) is 20.8 Å². The molecule has 0 bridgehead atoms. The van der Waals surface area contributed by atoms with Crippen LogP contribution in [0.4, 0.5) is 0 Å². The van der Waals surface area contributed by atoms with Gasteiger partial charge in [-0.2, -0.15) is 5.10 Å². The first-order chi connectivity index (χ1) is 9.05. The van der Waals surface area contributed by atoms with E-state index in [0.29, 0.717) is 0 Å². The third-order valence-electron chi connectivity index (χ3n) is 3.24. The predicted molar refractivity (Wildman–Crippen MR) is 78.0 cm³/mol. The van der Waals surface area contributed by atoms with Crippen LogP contribution >= 0.6 is 11.3 Å². The Kier molecular flexibility index (Phi) is 4.34. The summed E-state index contributed by atoms with van der Waals surface area (Å²) in [6, 6.07) is 2.13. The van der Waals surface area contributed by atoms with Gasteiger partial charge in [0.1, 0.15) is 0 Å². The standard InChI is InChI=1S/C13H21N5S/c1-5-18-12(6-8(2)17-18)11(16-14)7-13-15-9(3)10(4)19-13/h6,11,16H,5,7,14H2,1-4H3. The van der Waals surface area contributed by atoms with Crippen LogP contribution in [-0.2, 0) is 13.0 Å². The molecule has 0 fully saturated rings. The Hall–Kier alpha value is -1.24. The highest BCUT2D eigenvalue weighted by Crippen LogP contribution is 2.23. The number of hydrazine groups is 1. The maximum absolute atomic E-state index is 5.72. The van der Waals surface area contributed by atoms with Crippen molar-refractivity contribution >= 4 is 11.3 Å². The van der Waals surface area contributed by atoms with E-state index in [1.54, 1.807) is 11.3 Å². The van der Waals surface area contributed by atoms with E-state index in [-0.39, 0.29) is 6.04 Å². The minimum absolute atomic E-state index is 0.0473. The van der Waals surface area contributed by atoms with Crippen LogP contribution < -0.4 is 11.3 Å². The van der Waals surface area contributed by atoms with Gasteiger partial charge in [-0.1, -0.05) is 0 Å². The Balaban J connectivity index is 2.24. The molecule has 0 aliphatic heterocycles. The second-order valence-corrected chi connectivity index (χ2v) is 5.99. The van der Waals surface area contributed by atoms with Crippen LogP contribution in [0.3, 0.4) is 0 Å². The molecule has 0 amide bonds. The van der Waals surface area contributed by atoms with Gasteiger partial charge in [-0.3, -0.25) is 16.0 Å². The van der Waals surface area contributed by atoms with Crippen LogP contribution in [0.25, 0.3) is 0 Å². The van der Waals surface area contributed by atoms with Crippen LogP contribution in [0.2, 0.25) is 0 Å². The van der Waals surface area contributed by atoms with Gasteiger partial charge in [0.05, 0.1) is 28.1 Å². The molecule has 2 aromatic heterocycles. The lowest BCUT2D eigenvalue weighted by molar-refractivity contribution is 0.489. The van der Waals surface area contributed by atoms with E-state index < -0.39 is 0 Å². The largest absolute Gasteiger partial charge is 0.271 e. The van der Waals surface area contributed by atoms with Gasteiger partial charge in [0.2, 0.25) is 0 Å². The molecule has 6 heteroatoms. The first-order valence-corrected chi connectivity index (χ1v) is 7.30. The second kappa shape index (κ2) is 5.81. The van der Waals surface area contributed by atoms with Gasteiger partial charge >= 0.3 is 0 Å². The first-order valence-electron chi connectivity index (χ1n) is 6.48. The summed E-state index contributed by atoms with van der Waals surface area (Å²) >= 11 is 1.74. The fourth-order valence-corrected chi connectivity index (χ4v) is 3.13. The second-order valence-electron chi connectivity index (χ2n) is 4.70. The zero-order chi connectivity index (χ0) is 14.0. The molecule has 2 heterocycles. The molecule has 2 aromatic rings. The molecule has 0 aromatic carbocycles. The van der Waals surface area contributed by atoms with Gasteiger partial charge in [-0.25, -0.2) is 4.98 Å². The number of aryl methyl sites for hydroxylation is 4. The predicted octanol–water partition coefficient (Wildman–Crippen LogP) is 2.03. The molecule has 104 valence electrons. The highest BCUT2D eigenvalue weighted by Gasteiger charge is 2.18. The lowest BCUT2D eigenvalue weighted by Crippen LogP contribution is -2.31. The topological polar surface area (TPSA) is 68.8 Å². The summed E-state index contributed by atoms with van der Waals surface area (Å²) in [5.74, 6) is 5.72. The van der Waals surface area contributed by atoms with E-state index in [1.165, 1.54) is 4.88 Å². The molecule has 0 aliphatic rings. The lowest BCUT2D eigenvalue weighted by atomic mass is 10.1. The smallest absolute Gasteiger partial charge is 0.0950 e. The summed E-state index contributed by atoms with van der Waals surface area (Å²) in [4.78, 5) is 5.85. The maximum atomic E-state index is 5.72. The molecule has 5 nitrogen and oxygen atoms in total. The van der Waals surface area contributed by atoms with Crippen molar-refractivity contribution in [1.29, 1.82) is 0 Å². The van der Waals surface area contributed by atoms with Gasteiger partial charge < -0.3 is 0 Å². The fraction of sp³-hybridized carbons (Fsp3) is 0.538. The van der Waals surface area contributed by atoms with E-state index >= 15 is 0 Å². The Morgan fingerprint density at radius 3 is 2.68 bits per heavy atom. The average molecular weight is 279 g/mol. The van der Waals surface area contributed by atoms with Gasteiger partial charge in [-0.15, -0.1) is 11.3 Å². The van der Waals surface area contributed by atoms with Crippen molar-refractivity contribution in [1.82, 2.24) is 20.2 Å². The van der Waals surface area contributed by atoms with Crippen molar-refractivity contribution in [2.45, 2.75) is 46.7 Å². The van der Waals surface area contributed by atoms with Gasteiger partial charge in [0.25, 0.3) is 0 Å². The van der Waals surface area contributed by atoms with Crippen molar-refractivity contribution in [3.8, 4) is 0 Å². The number of hydrogen-bond donors (Lipinski definition) is 2. The average Bonchev–Trinajstić information content (AvgIpc) is 2.90. The summed E-state index contributed by atoms with van der Waals surface area (Å²) in [6.07, 6.45) is 0.793. The number of nitrogens with zero attached hydrogens (tertiary/aromatic N) is 3. The van der Waals surface area contributed by atoms with Crippen LogP contribution in [-0.4, -0.2) is 14.8 Å². The monoisotopic (exact) mass is 279 g/mol. The summed E-state index contributed by atoms with van der Waals surface area (Å²) in [5.41, 5.74) is 6.13. The zero-order valence-electron chi connectivity index (χ0n) is 11.9. The van der Waals surface area contributed by atoms with E-state index in [0.717, 1.165) is 35.1 Å². The van der Waals surface area contributed by atoms with Crippen molar-refractivity contribution < 1.29 is 0 Å². The van der Waals surface area contributed by atoms with E-state index in [1.807, 2.05) is 18.5 Å². The molecule has 0 saturated carbocycles. The van der Waals surface area contributed by atoms with Crippen LogP contribution in [0.15, 0.2) is 6.07 Å². The number of nitrogens with two attached hydrogens (primary N) is 1. The van der Waals surface area contributed by atoms with Crippen molar-refractivity contribution in [3.05, 3.63) is 33.0 Å². The van der Waals surface area contributed by atoms with Crippen molar-refractivity contribution in [2.24, 2.45) is 5.84 Å². The fourth-order valence-electron chi connectivity index (χ4n) is 2.15. The Bertz CT molecular complexity index is 538. The molecule has 19 heavy (non-hydrogen) atoms. The summed E-state index contributed by atoms with van der Waals surface area (Å²) in [6.45, 7) is 9.07. The van der Waals surface area contributed by atoms with Gasteiger partial charge in [0, 0.05) is 17.8 Å². The third kappa shape index (κ3) is 3.02. The molecule has 0 saturated heterocycles. The van der Waals surface area contributed by atoms with E-state index in [9.17, 15) is 0 Å². The number of rotatable bonds is 5.